The molecule has 72 valence electrons. The number of aliphatic carboxylic acids is 1. The minimum Gasteiger partial charge on any atom is -0.481 e. The summed E-state index contributed by atoms with van der Waals surface area (Å²) in [5.74, 6) is -0.855. The van der Waals surface area contributed by atoms with Gasteiger partial charge in [-0.2, -0.15) is 0 Å². The van der Waals surface area contributed by atoms with Gasteiger partial charge >= 0.3 is 5.97 Å². The number of hydrogen-bond acceptors (Lipinski definition) is 2. The average molecular weight is 182 g/mol. The van der Waals surface area contributed by atoms with Gasteiger partial charge in [0.25, 0.3) is 0 Å². The zero-order valence-corrected chi connectivity index (χ0v) is 8.13. The number of carboxylic acids is 1. The Morgan fingerprint density at radius 3 is 2.31 bits per heavy atom. The Morgan fingerprint density at radius 1 is 1.46 bits per heavy atom. The van der Waals surface area contributed by atoms with E-state index in [1.807, 2.05) is 6.92 Å². The molecule has 0 saturated heterocycles. The second-order valence-electron chi connectivity index (χ2n) is 4.31. The Balaban J connectivity index is 2.98. The molecule has 0 fully saturated rings. The summed E-state index contributed by atoms with van der Waals surface area (Å²) >= 11 is 0. The first kappa shape index (κ1) is 9.96. The standard InChI is InChI=1S/C10H14O3/c1-9(2)7(11)4-5-10(9,3)6-8(12)13/h4-5H,6H2,1-3H3,(H,12,13)/t10-/m0/s1. The van der Waals surface area contributed by atoms with Gasteiger partial charge in [-0.25, -0.2) is 0 Å². The van der Waals surface area contributed by atoms with Crippen molar-refractivity contribution in [1.29, 1.82) is 0 Å². The zero-order valence-electron chi connectivity index (χ0n) is 8.13. The lowest BCUT2D eigenvalue weighted by Crippen LogP contribution is -2.36. The van der Waals surface area contributed by atoms with Gasteiger partial charge in [0.2, 0.25) is 0 Å². The van der Waals surface area contributed by atoms with Crippen molar-refractivity contribution in [1.82, 2.24) is 0 Å². The number of carboxylic acid groups (broad SMARTS) is 1. The molecule has 1 N–H and O–H groups in total. The molecule has 0 spiro atoms. The lowest BCUT2D eigenvalue weighted by molar-refractivity contribution is -0.141. The van der Waals surface area contributed by atoms with Gasteiger partial charge in [-0.3, -0.25) is 9.59 Å². The fourth-order valence-corrected chi connectivity index (χ4v) is 1.55. The first-order valence-electron chi connectivity index (χ1n) is 4.25. The molecule has 1 aliphatic carbocycles. The lowest BCUT2D eigenvalue weighted by Gasteiger charge is -2.34. The van der Waals surface area contributed by atoms with Gasteiger partial charge in [0, 0.05) is 10.8 Å². The largest absolute Gasteiger partial charge is 0.481 e. The van der Waals surface area contributed by atoms with E-state index in [0.29, 0.717) is 0 Å². The summed E-state index contributed by atoms with van der Waals surface area (Å²) in [6, 6.07) is 0. The zero-order chi connectivity index (χ0) is 10.3. The molecular formula is C10H14O3. The molecule has 0 saturated carbocycles. The number of hydrogen-bond donors (Lipinski definition) is 1. The van der Waals surface area contributed by atoms with E-state index in [1.54, 1.807) is 19.9 Å². The van der Waals surface area contributed by atoms with Crippen molar-refractivity contribution in [2.75, 3.05) is 0 Å². The molecule has 0 aromatic heterocycles. The van der Waals surface area contributed by atoms with E-state index in [-0.39, 0.29) is 12.2 Å². The van der Waals surface area contributed by atoms with Gasteiger partial charge < -0.3 is 5.11 Å². The third-order valence-corrected chi connectivity index (χ3v) is 3.16. The van der Waals surface area contributed by atoms with Crippen LogP contribution < -0.4 is 0 Å². The lowest BCUT2D eigenvalue weighted by atomic mass is 9.67. The maximum Gasteiger partial charge on any atom is 0.304 e. The SMILES string of the molecule is CC1(C)C(=O)C=C[C@@]1(C)CC(=O)O. The monoisotopic (exact) mass is 182 g/mol. The average Bonchev–Trinajstić information content (AvgIpc) is 2.13. The highest BCUT2D eigenvalue weighted by Crippen LogP contribution is 2.47. The van der Waals surface area contributed by atoms with Crippen molar-refractivity contribution in [2.24, 2.45) is 10.8 Å². The second-order valence-corrected chi connectivity index (χ2v) is 4.31. The molecule has 1 aliphatic rings. The number of carbonyl (C=O) groups excluding carboxylic acids is 1. The first-order chi connectivity index (χ1) is 5.79. The van der Waals surface area contributed by atoms with Crippen molar-refractivity contribution >= 4 is 11.8 Å². The first-order valence-corrected chi connectivity index (χ1v) is 4.25. The van der Waals surface area contributed by atoms with E-state index >= 15 is 0 Å². The number of rotatable bonds is 2. The van der Waals surface area contributed by atoms with E-state index in [4.69, 9.17) is 5.11 Å². The molecule has 1 rings (SSSR count). The molecule has 0 unspecified atom stereocenters. The molecule has 0 aliphatic heterocycles. The van der Waals surface area contributed by atoms with Crippen molar-refractivity contribution in [3.63, 3.8) is 0 Å². The summed E-state index contributed by atoms with van der Waals surface area (Å²) < 4.78 is 0. The van der Waals surface area contributed by atoms with Gasteiger partial charge in [0.05, 0.1) is 6.42 Å². The third-order valence-electron chi connectivity index (χ3n) is 3.16. The van der Waals surface area contributed by atoms with Crippen molar-refractivity contribution in [3.05, 3.63) is 12.2 Å². The topological polar surface area (TPSA) is 54.4 Å². The number of carbonyl (C=O) groups is 2. The maximum atomic E-state index is 11.4. The summed E-state index contributed by atoms with van der Waals surface area (Å²) in [7, 11) is 0. The summed E-state index contributed by atoms with van der Waals surface area (Å²) in [5.41, 5.74) is -1.14. The predicted octanol–water partition coefficient (Wildman–Crippen LogP) is 1.63. The van der Waals surface area contributed by atoms with E-state index in [1.165, 1.54) is 6.08 Å². The highest BCUT2D eigenvalue weighted by atomic mass is 16.4. The van der Waals surface area contributed by atoms with E-state index < -0.39 is 16.8 Å². The molecule has 0 radical (unpaired) electrons. The van der Waals surface area contributed by atoms with Crippen molar-refractivity contribution < 1.29 is 14.7 Å². The van der Waals surface area contributed by atoms with Crippen LogP contribution in [0.4, 0.5) is 0 Å². The van der Waals surface area contributed by atoms with Gasteiger partial charge in [-0.05, 0) is 6.08 Å². The smallest absolute Gasteiger partial charge is 0.304 e. The van der Waals surface area contributed by atoms with Crippen LogP contribution in [0, 0.1) is 10.8 Å². The van der Waals surface area contributed by atoms with E-state index in [0.717, 1.165) is 0 Å². The Hall–Kier alpha value is -1.12. The summed E-state index contributed by atoms with van der Waals surface area (Å²) in [6.45, 7) is 5.39. The second kappa shape index (κ2) is 2.69. The Kier molecular flexibility index (Phi) is 2.06. The van der Waals surface area contributed by atoms with Gasteiger partial charge in [0.15, 0.2) is 5.78 Å². The molecule has 1 atom stereocenters. The molecule has 13 heavy (non-hydrogen) atoms. The molecule has 0 aromatic rings. The van der Waals surface area contributed by atoms with Gasteiger partial charge in [0.1, 0.15) is 0 Å². The fraction of sp³-hybridized carbons (Fsp3) is 0.600. The quantitative estimate of drug-likeness (QED) is 0.706. The predicted molar refractivity (Wildman–Crippen MR) is 48.3 cm³/mol. The minimum atomic E-state index is -0.866. The molecule has 0 aromatic carbocycles. The maximum absolute atomic E-state index is 11.4. The number of allylic oxidation sites excluding steroid dienone is 2. The van der Waals surface area contributed by atoms with Gasteiger partial charge in [-0.1, -0.05) is 26.8 Å². The van der Waals surface area contributed by atoms with Crippen LogP contribution in [0.1, 0.15) is 27.2 Å². The molecular weight excluding hydrogens is 168 g/mol. The molecule has 3 heteroatoms. The Bertz CT molecular complexity index is 289. The van der Waals surface area contributed by atoms with Crippen LogP contribution in [0.15, 0.2) is 12.2 Å². The van der Waals surface area contributed by atoms with Crippen LogP contribution in [-0.4, -0.2) is 16.9 Å². The van der Waals surface area contributed by atoms with Gasteiger partial charge in [-0.15, -0.1) is 0 Å². The molecule has 0 bridgehead atoms. The van der Waals surface area contributed by atoms with Crippen LogP contribution in [0.3, 0.4) is 0 Å². The third kappa shape index (κ3) is 1.39. The van der Waals surface area contributed by atoms with Crippen LogP contribution in [0.2, 0.25) is 0 Å². The molecule has 3 nitrogen and oxygen atoms in total. The normalized spacial score (nSPS) is 30.8. The fourth-order valence-electron chi connectivity index (χ4n) is 1.55. The van der Waals surface area contributed by atoms with E-state index in [2.05, 4.69) is 0 Å². The van der Waals surface area contributed by atoms with Crippen LogP contribution in [0.5, 0.6) is 0 Å². The Morgan fingerprint density at radius 2 is 2.00 bits per heavy atom. The highest BCUT2D eigenvalue weighted by molar-refractivity contribution is 5.98. The summed E-state index contributed by atoms with van der Waals surface area (Å²) in [4.78, 5) is 22.0. The minimum absolute atomic E-state index is 0.00222. The molecule has 0 heterocycles. The summed E-state index contributed by atoms with van der Waals surface area (Å²) in [6.07, 6.45) is 3.20. The van der Waals surface area contributed by atoms with Crippen LogP contribution in [0.25, 0.3) is 0 Å². The summed E-state index contributed by atoms with van der Waals surface area (Å²) in [5, 5.41) is 8.71. The van der Waals surface area contributed by atoms with E-state index in [9.17, 15) is 9.59 Å². The molecule has 0 amide bonds. The van der Waals surface area contributed by atoms with Crippen molar-refractivity contribution in [3.8, 4) is 0 Å². The van der Waals surface area contributed by atoms with Crippen molar-refractivity contribution in [2.45, 2.75) is 27.2 Å². The van der Waals surface area contributed by atoms with Crippen LogP contribution in [-0.2, 0) is 9.59 Å². The Labute approximate surface area is 77.4 Å². The number of ketones is 1. The van der Waals surface area contributed by atoms with Crippen LogP contribution >= 0.6 is 0 Å². The highest BCUT2D eigenvalue weighted by Gasteiger charge is 2.48.